The molecule has 4 heteroatoms. The van der Waals surface area contributed by atoms with Gasteiger partial charge in [0.2, 0.25) is 0 Å². The van der Waals surface area contributed by atoms with Crippen LogP contribution < -0.4 is 5.32 Å². The fraction of sp³-hybridized carbons (Fsp3) is 1.00. The van der Waals surface area contributed by atoms with E-state index in [1.165, 1.54) is 32.7 Å². The lowest BCUT2D eigenvalue weighted by Gasteiger charge is -2.36. The first-order chi connectivity index (χ1) is 8.24. The molecule has 0 aromatic heterocycles. The molecule has 1 aliphatic rings. The molecule has 0 unspecified atom stereocenters. The molecule has 0 spiro atoms. The van der Waals surface area contributed by atoms with Crippen LogP contribution in [0.3, 0.4) is 0 Å². The molecule has 0 aliphatic carbocycles. The number of methoxy groups -OCH3 is 1. The highest BCUT2D eigenvalue weighted by atomic mass is 16.5. The molecular weight excluding hydrogens is 214 g/mol. The standard InChI is InChI=1S/C13H29N3O/c1-13(2)16-10-8-15(9-11-16)7-6-14-5-4-12-17-3/h13-14H,4-12H2,1-3H3. The third-order valence-electron chi connectivity index (χ3n) is 3.44. The molecule has 17 heavy (non-hydrogen) atoms. The number of rotatable bonds is 8. The van der Waals surface area contributed by atoms with Crippen LogP contribution in [0.25, 0.3) is 0 Å². The predicted molar refractivity (Wildman–Crippen MR) is 72.5 cm³/mol. The minimum Gasteiger partial charge on any atom is -0.385 e. The molecule has 0 bridgehead atoms. The summed E-state index contributed by atoms with van der Waals surface area (Å²) in [6.07, 6.45) is 1.11. The fourth-order valence-corrected chi connectivity index (χ4v) is 2.21. The van der Waals surface area contributed by atoms with Crippen molar-refractivity contribution in [1.29, 1.82) is 0 Å². The van der Waals surface area contributed by atoms with Gasteiger partial charge in [-0.15, -0.1) is 0 Å². The van der Waals surface area contributed by atoms with E-state index >= 15 is 0 Å². The second-order valence-electron chi connectivity index (χ2n) is 5.07. The van der Waals surface area contributed by atoms with E-state index in [2.05, 4.69) is 29.0 Å². The lowest BCUT2D eigenvalue weighted by Crippen LogP contribution is -2.50. The van der Waals surface area contributed by atoms with E-state index in [0.717, 1.165) is 26.1 Å². The smallest absolute Gasteiger partial charge is 0.0474 e. The van der Waals surface area contributed by atoms with Crippen molar-refractivity contribution in [3.63, 3.8) is 0 Å². The van der Waals surface area contributed by atoms with Gasteiger partial charge >= 0.3 is 0 Å². The Morgan fingerprint density at radius 3 is 2.41 bits per heavy atom. The zero-order valence-electron chi connectivity index (χ0n) is 11.7. The zero-order chi connectivity index (χ0) is 12.5. The molecule has 102 valence electrons. The SMILES string of the molecule is COCCCNCCN1CCN(C(C)C)CC1. The normalized spacial score (nSPS) is 19.1. The first-order valence-corrected chi connectivity index (χ1v) is 6.90. The maximum Gasteiger partial charge on any atom is 0.0474 e. The predicted octanol–water partition coefficient (Wildman–Crippen LogP) is 0.639. The van der Waals surface area contributed by atoms with Crippen molar-refractivity contribution in [3.8, 4) is 0 Å². The Hall–Kier alpha value is -0.160. The molecule has 0 aromatic carbocycles. The van der Waals surface area contributed by atoms with Gasteiger partial charge in [-0.05, 0) is 26.8 Å². The van der Waals surface area contributed by atoms with Gasteiger partial charge in [0.15, 0.2) is 0 Å². The molecular formula is C13H29N3O. The minimum absolute atomic E-state index is 0.698. The van der Waals surface area contributed by atoms with Gasteiger partial charge in [0.1, 0.15) is 0 Å². The first-order valence-electron chi connectivity index (χ1n) is 6.90. The van der Waals surface area contributed by atoms with Crippen LogP contribution in [0.2, 0.25) is 0 Å². The van der Waals surface area contributed by atoms with Gasteiger partial charge in [0, 0.05) is 59.0 Å². The number of ether oxygens (including phenoxy) is 1. The molecule has 1 N–H and O–H groups in total. The highest BCUT2D eigenvalue weighted by Crippen LogP contribution is 2.04. The monoisotopic (exact) mass is 243 g/mol. The van der Waals surface area contributed by atoms with E-state index in [1.807, 2.05) is 0 Å². The van der Waals surface area contributed by atoms with Crippen LogP contribution in [0.15, 0.2) is 0 Å². The Balaban J connectivity index is 1.95. The Kier molecular flexibility index (Phi) is 7.77. The largest absolute Gasteiger partial charge is 0.385 e. The first kappa shape index (κ1) is 14.9. The van der Waals surface area contributed by atoms with Crippen molar-refractivity contribution in [2.75, 3.05) is 59.5 Å². The number of nitrogens with zero attached hydrogens (tertiary/aromatic N) is 2. The topological polar surface area (TPSA) is 27.7 Å². The summed E-state index contributed by atoms with van der Waals surface area (Å²) >= 11 is 0. The summed E-state index contributed by atoms with van der Waals surface area (Å²) in [5, 5.41) is 3.47. The average Bonchev–Trinajstić information content (AvgIpc) is 2.34. The van der Waals surface area contributed by atoms with E-state index in [-0.39, 0.29) is 0 Å². The summed E-state index contributed by atoms with van der Waals surface area (Å²) in [6.45, 7) is 13.7. The molecule has 1 fully saturated rings. The lowest BCUT2D eigenvalue weighted by atomic mass is 10.2. The highest BCUT2D eigenvalue weighted by Gasteiger charge is 2.17. The summed E-state index contributed by atoms with van der Waals surface area (Å²) < 4.78 is 5.02. The van der Waals surface area contributed by atoms with Crippen molar-refractivity contribution in [3.05, 3.63) is 0 Å². The van der Waals surface area contributed by atoms with E-state index < -0.39 is 0 Å². The lowest BCUT2D eigenvalue weighted by molar-refractivity contribution is 0.109. The summed E-state index contributed by atoms with van der Waals surface area (Å²) in [5.74, 6) is 0. The molecule has 4 nitrogen and oxygen atoms in total. The number of nitrogens with one attached hydrogen (secondary N) is 1. The van der Waals surface area contributed by atoms with Gasteiger partial charge in [-0.1, -0.05) is 0 Å². The summed E-state index contributed by atoms with van der Waals surface area (Å²) in [6, 6.07) is 0.698. The van der Waals surface area contributed by atoms with Crippen LogP contribution in [0.4, 0.5) is 0 Å². The fourth-order valence-electron chi connectivity index (χ4n) is 2.21. The van der Waals surface area contributed by atoms with Gasteiger partial charge in [0.05, 0.1) is 0 Å². The van der Waals surface area contributed by atoms with Crippen LogP contribution in [0.5, 0.6) is 0 Å². The number of hydrogen-bond acceptors (Lipinski definition) is 4. The van der Waals surface area contributed by atoms with E-state index in [4.69, 9.17) is 4.74 Å². The summed E-state index contributed by atoms with van der Waals surface area (Å²) in [5.41, 5.74) is 0. The Labute approximate surface area is 106 Å². The van der Waals surface area contributed by atoms with Crippen LogP contribution >= 0.6 is 0 Å². The molecule has 1 rings (SSSR count). The molecule has 0 aromatic rings. The minimum atomic E-state index is 0.698. The van der Waals surface area contributed by atoms with Gasteiger partial charge in [-0.3, -0.25) is 9.80 Å². The van der Waals surface area contributed by atoms with Gasteiger partial charge < -0.3 is 10.1 Å². The van der Waals surface area contributed by atoms with Crippen molar-refractivity contribution in [2.45, 2.75) is 26.3 Å². The van der Waals surface area contributed by atoms with Gasteiger partial charge in [0.25, 0.3) is 0 Å². The molecule has 1 aliphatic heterocycles. The molecule has 0 saturated carbocycles. The van der Waals surface area contributed by atoms with Crippen LogP contribution in [-0.2, 0) is 4.74 Å². The molecule has 1 saturated heterocycles. The van der Waals surface area contributed by atoms with Crippen molar-refractivity contribution in [2.24, 2.45) is 0 Å². The highest BCUT2D eigenvalue weighted by molar-refractivity contribution is 4.74. The summed E-state index contributed by atoms with van der Waals surface area (Å²) in [4.78, 5) is 5.12. The average molecular weight is 243 g/mol. The maximum absolute atomic E-state index is 5.02. The molecule has 0 atom stereocenters. The van der Waals surface area contributed by atoms with E-state index in [9.17, 15) is 0 Å². The summed E-state index contributed by atoms with van der Waals surface area (Å²) in [7, 11) is 1.76. The number of hydrogen-bond donors (Lipinski definition) is 1. The molecule has 1 heterocycles. The van der Waals surface area contributed by atoms with Gasteiger partial charge in [-0.25, -0.2) is 0 Å². The van der Waals surface area contributed by atoms with E-state index in [1.54, 1.807) is 7.11 Å². The quantitative estimate of drug-likeness (QED) is 0.633. The second-order valence-corrected chi connectivity index (χ2v) is 5.07. The third kappa shape index (κ3) is 6.36. The van der Waals surface area contributed by atoms with Crippen LogP contribution in [-0.4, -0.2) is 75.4 Å². The van der Waals surface area contributed by atoms with Gasteiger partial charge in [-0.2, -0.15) is 0 Å². The van der Waals surface area contributed by atoms with Crippen LogP contribution in [0.1, 0.15) is 20.3 Å². The number of piperazine rings is 1. The van der Waals surface area contributed by atoms with E-state index in [0.29, 0.717) is 6.04 Å². The Morgan fingerprint density at radius 2 is 1.82 bits per heavy atom. The molecule has 0 amide bonds. The third-order valence-corrected chi connectivity index (χ3v) is 3.44. The Bertz CT molecular complexity index is 180. The van der Waals surface area contributed by atoms with Crippen molar-refractivity contribution < 1.29 is 4.74 Å². The van der Waals surface area contributed by atoms with Crippen molar-refractivity contribution >= 4 is 0 Å². The second kappa shape index (κ2) is 8.86. The zero-order valence-corrected chi connectivity index (χ0v) is 11.7. The molecule has 0 radical (unpaired) electrons. The van der Waals surface area contributed by atoms with Crippen molar-refractivity contribution in [1.82, 2.24) is 15.1 Å². The Morgan fingerprint density at radius 1 is 1.12 bits per heavy atom. The van der Waals surface area contributed by atoms with Crippen LogP contribution in [0, 0.1) is 0 Å². The maximum atomic E-state index is 5.02.